The molecule has 13 heteroatoms. The second kappa shape index (κ2) is 10.7. The van der Waals surface area contributed by atoms with Gasteiger partial charge in [0.05, 0.1) is 44.5 Å². The number of hydrogen-bond acceptors (Lipinski definition) is 10. The molecule has 0 spiro atoms. The summed E-state index contributed by atoms with van der Waals surface area (Å²) >= 11 is 0. The van der Waals surface area contributed by atoms with Crippen LogP contribution in [0.2, 0.25) is 0 Å². The van der Waals surface area contributed by atoms with E-state index < -0.39 is 52.8 Å². The summed E-state index contributed by atoms with van der Waals surface area (Å²) in [6, 6.07) is 0. The van der Waals surface area contributed by atoms with Gasteiger partial charge in [0.15, 0.2) is 0 Å². The largest absolute Gasteiger partial charge is 0.474 e. The molecule has 0 aromatic carbocycles. The summed E-state index contributed by atoms with van der Waals surface area (Å²) in [7, 11) is -11.7. The van der Waals surface area contributed by atoms with Crippen LogP contribution >= 0.6 is 7.82 Å². The first-order valence-electron chi connectivity index (χ1n) is 6.87. The summed E-state index contributed by atoms with van der Waals surface area (Å²) in [5.74, 6) is -1.09. The van der Waals surface area contributed by atoms with Crippen LogP contribution in [0.1, 0.15) is 20.8 Å². The Morgan fingerprint density at radius 2 is 1.09 bits per heavy atom. The van der Waals surface area contributed by atoms with E-state index in [2.05, 4.69) is 8.37 Å². The number of phosphoric ester groups is 1. The smallest absolute Gasteiger partial charge is 0.287 e. The minimum atomic E-state index is -4.07. The van der Waals surface area contributed by atoms with E-state index >= 15 is 0 Å². The van der Waals surface area contributed by atoms with Crippen LogP contribution in [-0.2, 0) is 46.7 Å². The molecule has 0 fully saturated rings. The molecule has 0 aromatic rings. The third-order valence-corrected chi connectivity index (χ3v) is 6.14. The molecule has 0 atom stereocenters. The first-order valence-corrected chi connectivity index (χ1v) is 11.5. The molecular weight excluding hydrogens is 375 g/mol. The molecule has 0 saturated carbocycles. The van der Waals surface area contributed by atoms with E-state index in [0.29, 0.717) is 0 Å². The van der Waals surface area contributed by atoms with E-state index in [1.807, 2.05) is 0 Å². The van der Waals surface area contributed by atoms with Gasteiger partial charge in [0.1, 0.15) is 0 Å². The van der Waals surface area contributed by atoms with Crippen LogP contribution < -0.4 is 0 Å². The van der Waals surface area contributed by atoms with Gasteiger partial charge in [0.2, 0.25) is 0 Å². The van der Waals surface area contributed by atoms with Crippen LogP contribution in [0.4, 0.5) is 0 Å². The molecule has 0 N–H and O–H groups in total. The molecule has 0 radical (unpaired) electrons. The van der Waals surface area contributed by atoms with E-state index in [1.54, 1.807) is 0 Å². The van der Waals surface area contributed by atoms with Crippen LogP contribution in [0.25, 0.3) is 0 Å². The van der Waals surface area contributed by atoms with Gasteiger partial charge in [0, 0.05) is 0 Å². The average Bonchev–Trinajstić information content (AvgIpc) is 2.37. The Morgan fingerprint density at radius 1 is 0.696 bits per heavy atom. The fourth-order valence-electron chi connectivity index (χ4n) is 1.25. The topological polar surface area (TPSA) is 132 Å². The van der Waals surface area contributed by atoms with E-state index in [1.165, 1.54) is 20.8 Å². The second-order valence-electron chi connectivity index (χ2n) is 3.87. The molecule has 10 nitrogen and oxygen atoms in total. The maximum Gasteiger partial charge on any atom is 0.474 e. The van der Waals surface area contributed by atoms with Crippen LogP contribution in [0.5, 0.6) is 0 Å². The standard InChI is InChI=1S/C10H23O10PS2/c1-4-16-21(11,17-7-9-22(12,13)19-5-2)18-8-10-23(14,15)20-6-3/h4-10H2,1-3H3. The summed E-state index contributed by atoms with van der Waals surface area (Å²) in [5, 5.41) is 0. The highest BCUT2D eigenvalue weighted by Gasteiger charge is 2.28. The summed E-state index contributed by atoms with van der Waals surface area (Å²) < 4.78 is 80.9. The molecule has 0 aliphatic carbocycles. The van der Waals surface area contributed by atoms with Crippen molar-refractivity contribution in [2.75, 3.05) is 44.5 Å². The lowest BCUT2D eigenvalue weighted by molar-refractivity contribution is 0.126. The zero-order valence-electron chi connectivity index (χ0n) is 13.3. The normalized spacial score (nSPS) is 13.3. The van der Waals surface area contributed by atoms with Crippen molar-refractivity contribution in [1.29, 1.82) is 0 Å². The van der Waals surface area contributed by atoms with Gasteiger partial charge in [0.25, 0.3) is 20.2 Å². The molecule has 0 saturated heterocycles. The van der Waals surface area contributed by atoms with Gasteiger partial charge >= 0.3 is 7.82 Å². The maximum absolute atomic E-state index is 12.2. The van der Waals surface area contributed by atoms with E-state index in [-0.39, 0.29) is 19.8 Å². The summed E-state index contributed by atoms with van der Waals surface area (Å²) in [5.41, 5.74) is 0. The predicted molar refractivity (Wildman–Crippen MR) is 82.0 cm³/mol. The Kier molecular flexibility index (Phi) is 10.7. The minimum absolute atomic E-state index is 0.0305. The van der Waals surface area contributed by atoms with Crippen molar-refractivity contribution in [3.05, 3.63) is 0 Å². The molecule has 0 aromatic heterocycles. The molecular formula is C10H23O10PS2. The molecule has 0 unspecified atom stereocenters. The van der Waals surface area contributed by atoms with E-state index in [4.69, 9.17) is 13.6 Å². The first-order chi connectivity index (χ1) is 10.6. The molecule has 23 heavy (non-hydrogen) atoms. The lowest BCUT2D eigenvalue weighted by Gasteiger charge is -2.17. The molecule has 0 aliphatic rings. The Hall–Kier alpha value is -0.0700. The van der Waals surface area contributed by atoms with Gasteiger partial charge in [-0.25, -0.2) is 4.57 Å². The lowest BCUT2D eigenvalue weighted by Crippen LogP contribution is -2.17. The van der Waals surface area contributed by atoms with Gasteiger partial charge in [-0.2, -0.15) is 16.8 Å². The Labute approximate surface area is 137 Å². The van der Waals surface area contributed by atoms with Gasteiger partial charge in [-0.3, -0.25) is 21.9 Å². The first kappa shape index (κ1) is 22.9. The molecule has 0 amide bonds. The highest BCUT2D eigenvalue weighted by molar-refractivity contribution is 7.87. The van der Waals surface area contributed by atoms with Crippen molar-refractivity contribution in [3.63, 3.8) is 0 Å². The van der Waals surface area contributed by atoms with Crippen molar-refractivity contribution in [2.45, 2.75) is 20.8 Å². The fraction of sp³-hybridized carbons (Fsp3) is 1.00. The van der Waals surface area contributed by atoms with Crippen molar-refractivity contribution in [3.8, 4) is 0 Å². The monoisotopic (exact) mass is 398 g/mol. The zero-order valence-corrected chi connectivity index (χ0v) is 15.8. The van der Waals surface area contributed by atoms with Crippen LogP contribution in [0.3, 0.4) is 0 Å². The zero-order chi connectivity index (χ0) is 18.0. The SMILES string of the molecule is CCOP(=O)(OCCS(=O)(=O)OCC)OCCS(=O)(=O)OCC. The quantitative estimate of drug-likeness (QED) is 0.307. The van der Waals surface area contributed by atoms with E-state index in [0.717, 1.165) is 0 Å². The summed E-state index contributed by atoms with van der Waals surface area (Å²) in [6.45, 7) is 3.46. The molecule has 0 aliphatic heterocycles. The van der Waals surface area contributed by atoms with Crippen LogP contribution in [-0.4, -0.2) is 61.4 Å². The van der Waals surface area contributed by atoms with Crippen molar-refractivity contribution >= 4 is 28.1 Å². The van der Waals surface area contributed by atoms with Crippen LogP contribution in [0.15, 0.2) is 0 Å². The van der Waals surface area contributed by atoms with Crippen LogP contribution in [0, 0.1) is 0 Å². The van der Waals surface area contributed by atoms with Gasteiger partial charge in [-0.1, -0.05) is 0 Å². The van der Waals surface area contributed by atoms with Gasteiger partial charge in [-0.05, 0) is 20.8 Å². The Morgan fingerprint density at radius 3 is 1.39 bits per heavy atom. The summed E-state index contributed by atoms with van der Waals surface area (Å²) in [6.07, 6.45) is 0. The molecule has 0 bridgehead atoms. The number of hydrogen-bond donors (Lipinski definition) is 0. The van der Waals surface area contributed by atoms with Crippen molar-refractivity contribution < 1.29 is 43.3 Å². The number of rotatable bonds is 14. The highest BCUT2D eigenvalue weighted by atomic mass is 32.2. The molecule has 0 heterocycles. The van der Waals surface area contributed by atoms with E-state index in [9.17, 15) is 21.4 Å². The molecule has 0 rings (SSSR count). The van der Waals surface area contributed by atoms with Crippen molar-refractivity contribution in [2.24, 2.45) is 0 Å². The highest BCUT2D eigenvalue weighted by Crippen LogP contribution is 2.49. The summed E-state index contributed by atoms with van der Waals surface area (Å²) in [4.78, 5) is 0. The third-order valence-electron chi connectivity index (χ3n) is 2.05. The second-order valence-corrected chi connectivity index (χ2v) is 9.06. The van der Waals surface area contributed by atoms with Gasteiger partial charge < -0.3 is 0 Å². The minimum Gasteiger partial charge on any atom is -0.287 e. The fourth-order valence-corrected chi connectivity index (χ4v) is 4.19. The van der Waals surface area contributed by atoms with Crippen molar-refractivity contribution in [1.82, 2.24) is 0 Å². The maximum atomic E-state index is 12.2. The molecule has 140 valence electrons. The third kappa shape index (κ3) is 11.2. The Balaban J connectivity index is 4.48. The average molecular weight is 398 g/mol. The predicted octanol–water partition coefficient (Wildman–Crippen LogP) is 0.897. The lowest BCUT2D eigenvalue weighted by atomic mass is 10.9. The van der Waals surface area contributed by atoms with Gasteiger partial charge in [-0.15, -0.1) is 0 Å². The Bertz CT molecular complexity index is 524. The number of phosphoric acid groups is 1.